The van der Waals surface area contributed by atoms with E-state index in [1.165, 1.54) is 4.88 Å². The monoisotopic (exact) mass is 444 g/mol. The van der Waals surface area contributed by atoms with Gasteiger partial charge in [0.15, 0.2) is 0 Å². The largest absolute Gasteiger partial charge is 0.412 e. The number of nitrogens with one attached hydrogen (secondary N) is 1. The van der Waals surface area contributed by atoms with Crippen LogP contribution in [0.4, 0.5) is 5.69 Å². The number of carbonyl (C=O) groups excluding carboxylic acids is 2. The third kappa shape index (κ3) is 5.11. The lowest BCUT2D eigenvalue weighted by atomic mass is 10.1. The number of nitrogens with zero attached hydrogens (tertiary/aromatic N) is 1. The molecule has 0 saturated heterocycles. The van der Waals surface area contributed by atoms with Gasteiger partial charge in [0, 0.05) is 35.3 Å². The zero-order valence-corrected chi connectivity index (χ0v) is 18.9. The Balaban J connectivity index is 0.00000117. The van der Waals surface area contributed by atoms with E-state index in [2.05, 4.69) is 11.4 Å². The molecule has 30 heavy (non-hydrogen) atoms. The number of rotatable bonds is 4. The van der Waals surface area contributed by atoms with Crippen LogP contribution in [0.2, 0.25) is 0 Å². The van der Waals surface area contributed by atoms with E-state index < -0.39 is 0 Å². The van der Waals surface area contributed by atoms with Gasteiger partial charge < -0.3 is 15.7 Å². The topological polar surface area (TPSA) is 80.9 Å². The molecule has 4 rings (SSSR count). The molecule has 0 saturated carbocycles. The third-order valence-corrected chi connectivity index (χ3v) is 6.54. The summed E-state index contributed by atoms with van der Waals surface area (Å²) in [6.45, 7) is 4.59. The molecule has 2 aromatic carbocycles. The lowest BCUT2D eigenvalue weighted by Crippen LogP contribution is -2.28. The minimum Gasteiger partial charge on any atom is -0.412 e. The first-order valence-electron chi connectivity index (χ1n) is 9.63. The number of benzene rings is 2. The second-order valence-electron chi connectivity index (χ2n) is 6.23. The summed E-state index contributed by atoms with van der Waals surface area (Å²) in [5, 5.41) is 4.99. The lowest BCUT2D eigenvalue weighted by molar-refractivity contribution is 0.0951. The van der Waals surface area contributed by atoms with Gasteiger partial charge in [-0.15, -0.1) is 11.3 Å². The van der Waals surface area contributed by atoms with Crippen LogP contribution in [0.5, 0.6) is 0 Å². The fourth-order valence-corrected chi connectivity index (χ4v) is 4.80. The molecule has 5 nitrogen and oxygen atoms in total. The van der Waals surface area contributed by atoms with Crippen molar-refractivity contribution in [3.63, 3.8) is 0 Å². The van der Waals surface area contributed by atoms with Gasteiger partial charge >= 0.3 is 0 Å². The Labute approximate surface area is 186 Å². The summed E-state index contributed by atoms with van der Waals surface area (Å²) in [4.78, 5) is 30.1. The van der Waals surface area contributed by atoms with Gasteiger partial charge in [0.2, 0.25) is 0 Å². The summed E-state index contributed by atoms with van der Waals surface area (Å²) in [6.07, 6.45) is 0.817. The number of anilines is 1. The van der Waals surface area contributed by atoms with Crippen LogP contribution in [0.1, 0.15) is 40.9 Å². The van der Waals surface area contributed by atoms with Crippen molar-refractivity contribution in [1.29, 1.82) is 0 Å². The van der Waals surface area contributed by atoms with Crippen molar-refractivity contribution >= 4 is 40.6 Å². The van der Waals surface area contributed by atoms with Crippen LogP contribution in [-0.2, 0) is 6.42 Å². The average molecular weight is 445 g/mol. The molecule has 7 heteroatoms. The molecule has 0 spiro atoms. The van der Waals surface area contributed by atoms with Crippen LogP contribution in [-0.4, -0.2) is 30.9 Å². The molecule has 1 aliphatic rings. The summed E-state index contributed by atoms with van der Waals surface area (Å²) in [6, 6.07) is 17.2. The molecular weight excluding hydrogens is 416 g/mol. The van der Waals surface area contributed by atoms with Crippen LogP contribution in [0.15, 0.2) is 69.8 Å². The smallest absolute Gasteiger partial charge is 0.259 e. The van der Waals surface area contributed by atoms with Gasteiger partial charge in [-0.05, 0) is 48.2 Å². The minimum atomic E-state index is -0.123. The molecular formula is C23H28N2O3S2. The second-order valence-corrected chi connectivity index (χ2v) is 8.35. The molecule has 2 heterocycles. The summed E-state index contributed by atoms with van der Waals surface area (Å²) >= 11 is 3.24. The summed E-state index contributed by atoms with van der Waals surface area (Å²) in [7, 11) is 1.75. The quantitative estimate of drug-likeness (QED) is 0.621. The lowest BCUT2D eigenvalue weighted by Gasteiger charge is -2.18. The first-order valence-corrected chi connectivity index (χ1v) is 11.3. The Morgan fingerprint density at radius 3 is 2.57 bits per heavy atom. The Morgan fingerprint density at radius 1 is 1.07 bits per heavy atom. The van der Waals surface area contributed by atoms with Crippen molar-refractivity contribution in [2.75, 3.05) is 18.5 Å². The highest BCUT2D eigenvalue weighted by Gasteiger charge is 2.25. The van der Waals surface area contributed by atoms with E-state index in [1.54, 1.807) is 41.1 Å². The van der Waals surface area contributed by atoms with Gasteiger partial charge in [0.05, 0.1) is 11.3 Å². The van der Waals surface area contributed by atoms with E-state index in [9.17, 15) is 9.59 Å². The standard InChI is InChI=1S/C21H18N2O2S2.C2H6.H2O.H2/c1-23-17-13-14(20(24)22-11-10-15-5-4-12-26-15)8-9-19(17)27-18-7-3-2-6-16(18)21(23)25;1-2;;/h2-9,12-13H,10-11H2,1H3,(H,22,24);1-2H3;1H2;1H. The molecule has 0 radical (unpaired) electrons. The van der Waals surface area contributed by atoms with E-state index >= 15 is 0 Å². The van der Waals surface area contributed by atoms with Crippen LogP contribution in [0, 0.1) is 0 Å². The first-order chi connectivity index (χ1) is 14.1. The van der Waals surface area contributed by atoms with Gasteiger partial charge in [0.1, 0.15) is 0 Å². The van der Waals surface area contributed by atoms with Gasteiger partial charge in [-0.2, -0.15) is 0 Å². The van der Waals surface area contributed by atoms with Crippen molar-refractivity contribution in [2.45, 2.75) is 30.1 Å². The van der Waals surface area contributed by atoms with Crippen molar-refractivity contribution in [1.82, 2.24) is 5.32 Å². The number of hydrogen-bond donors (Lipinski definition) is 1. The molecule has 1 aromatic heterocycles. The predicted molar refractivity (Wildman–Crippen MR) is 127 cm³/mol. The van der Waals surface area contributed by atoms with Crippen molar-refractivity contribution < 1.29 is 16.5 Å². The van der Waals surface area contributed by atoms with E-state index in [0.29, 0.717) is 17.7 Å². The molecule has 0 atom stereocenters. The third-order valence-electron chi connectivity index (χ3n) is 4.46. The van der Waals surface area contributed by atoms with E-state index in [0.717, 1.165) is 21.9 Å². The maximum atomic E-state index is 12.8. The Hall–Kier alpha value is -2.61. The number of hydrogen-bond acceptors (Lipinski definition) is 4. The molecule has 0 unspecified atom stereocenters. The van der Waals surface area contributed by atoms with Gasteiger partial charge in [0.25, 0.3) is 11.8 Å². The van der Waals surface area contributed by atoms with Crippen molar-refractivity contribution in [3.05, 3.63) is 76.0 Å². The van der Waals surface area contributed by atoms with E-state index in [4.69, 9.17) is 0 Å². The summed E-state index contributed by atoms with van der Waals surface area (Å²) in [5.41, 5.74) is 2.00. The van der Waals surface area contributed by atoms with Gasteiger partial charge in [-0.25, -0.2) is 0 Å². The first kappa shape index (κ1) is 23.7. The maximum Gasteiger partial charge on any atom is 0.259 e. The summed E-state index contributed by atoms with van der Waals surface area (Å²) < 4.78 is 0. The highest BCUT2D eigenvalue weighted by atomic mass is 32.2. The van der Waals surface area contributed by atoms with Gasteiger partial charge in [-0.1, -0.05) is 43.8 Å². The van der Waals surface area contributed by atoms with E-state index in [1.807, 2.05) is 61.7 Å². The zero-order valence-electron chi connectivity index (χ0n) is 17.3. The number of amides is 2. The molecule has 0 aliphatic carbocycles. The molecule has 0 fully saturated rings. The van der Waals surface area contributed by atoms with Crippen molar-refractivity contribution in [2.24, 2.45) is 0 Å². The average Bonchev–Trinajstić information content (AvgIpc) is 3.25. The molecule has 3 aromatic rings. The van der Waals surface area contributed by atoms with E-state index in [-0.39, 0.29) is 18.7 Å². The number of fused-ring (bicyclic) bond motifs is 2. The van der Waals surface area contributed by atoms with Crippen LogP contribution < -0.4 is 10.2 Å². The minimum absolute atomic E-state index is 0. The predicted octanol–water partition coefficient (Wildman–Crippen LogP) is 4.91. The molecule has 1 aliphatic heterocycles. The summed E-state index contributed by atoms with van der Waals surface area (Å²) in [5.74, 6) is -0.186. The zero-order chi connectivity index (χ0) is 20.8. The maximum absolute atomic E-state index is 12.8. The molecule has 0 bridgehead atoms. The molecule has 2 amide bonds. The fraction of sp³-hybridized carbons (Fsp3) is 0.217. The highest BCUT2D eigenvalue weighted by Crippen LogP contribution is 2.41. The SMILES string of the molecule is CC.CN1C(=O)c2ccccc2Sc2ccc(C(=O)NCCc3cccs3)cc21.O.[HH]. The second kappa shape index (κ2) is 11.0. The van der Waals surface area contributed by atoms with Crippen LogP contribution in [0.3, 0.4) is 0 Å². The fourth-order valence-electron chi connectivity index (χ4n) is 3.00. The molecule has 3 N–H and O–H groups in total. The molecule has 160 valence electrons. The van der Waals surface area contributed by atoms with Gasteiger partial charge in [-0.3, -0.25) is 9.59 Å². The number of carbonyl (C=O) groups is 2. The Morgan fingerprint density at radius 2 is 1.83 bits per heavy atom. The van der Waals surface area contributed by atoms with Crippen LogP contribution >= 0.6 is 23.1 Å². The van der Waals surface area contributed by atoms with Crippen molar-refractivity contribution in [3.8, 4) is 0 Å². The number of thiophene rings is 1. The Bertz CT molecular complexity index is 1010. The van der Waals surface area contributed by atoms with Crippen LogP contribution in [0.25, 0.3) is 0 Å². The Kier molecular flexibility index (Phi) is 8.65. The highest BCUT2D eigenvalue weighted by molar-refractivity contribution is 7.99. The normalized spacial score (nSPS) is 11.8.